The molecule has 0 bridgehead atoms. The zero-order valence-electron chi connectivity index (χ0n) is 11.8. The molecular weight excluding hydrogens is 278 g/mol. The maximum atomic E-state index is 13.2. The van der Waals surface area contributed by atoms with Crippen LogP contribution in [0.1, 0.15) is 30.1 Å². The lowest BCUT2D eigenvalue weighted by Gasteiger charge is -2.36. The van der Waals surface area contributed by atoms with Crippen molar-refractivity contribution in [1.82, 2.24) is 4.90 Å². The van der Waals surface area contributed by atoms with Gasteiger partial charge in [-0.1, -0.05) is 0 Å². The highest BCUT2D eigenvalue weighted by Gasteiger charge is 2.29. The normalized spacial score (nSPS) is 23.0. The van der Waals surface area contributed by atoms with Crippen molar-refractivity contribution in [1.29, 1.82) is 0 Å². The first-order chi connectivity index (χ1) is 9.88. The number of primary amides is 1. The summed E-state index contributed by atoms with van der Waals surface area (Å²) >= 11 is 0. The minimum atomic E-state index is -1.04. The largest absolute Gasteiger partial charge is 0.369 e. The summed E-state index contributed by atoms with van der Waals surface area (Å²) in [5.74, 6) is -2.95. The number of piperidine rings is 1. The predicted octanol–water partition coefficient (Wildman–Crippen LogP) is 1.73. The van der Waals surface area contributed by atoms with Crippen LogP contribution in [0.2, 0.25) is 0 Å². The number of hydrogen-bond donors (Lipinski definition) is 1. The second kappa shape index (κ2) is 6.30. The Balaban J connectivity index is 2.06. The van der Waals surface area contributed by atoms with Crippen molar-refractivity contribution in [2.45, 2.75) is 25.8 Å². The summed E-state index contributed by atoms with van der Waals surface area (Å²) in [4.78, 5) is 25.3. The van der Waals surface area contributed by atoms with Gasteiger partial charge in [0.25, 0.3) is 0 Å². The van der Waals surface area contributed by atoms with Crippen molar-refractivity contribution >= 4 is 11.7 Å². The Morgan fingerprint density at radius 2 is 2.00 bits per heavy atom. The van der Waals surface area contributed by atoms with Crippen LogP contribution in [0.4, 0.5) is 8.78 Å². The molecule has 2 unspecified atom stereocenters. The molecule has 1 aliphatic rings. The van der Waals surface area contributed by atoms with Gasteiger partial charge in [-0.15, -0.1) is 0 Å². The lowest BCUT2D eigenvalue weighted by atomic mass is 9.92. The van der Waals surface area contributed by atoms with E-state index in [4.69, 9.17) is 5.73 Å². The van der Waals surface area contributed by atoms with Crippen LogP contribution in [-0.2, 0) is 4.79 Å². The van der Waals surface area contributed by atoms with Crippen LogP contribution in [-0.4, -0.2) is 35.7 Å². The van der Waals surface area contributed by atoms with Gasteiger partial charge < -0.3 is 5.73 Å². The molecule has 21 heavy (non-hydrogen) atoms. The molecule has 6 heteroatoms. The Morgan fingerprint density at radius 1 is 1.29 bits per heavy atom. The second-order valence-corrected chi connectivity index (χ2v) is 5.51. The molecule has 0 aliphatic carbocycles. The first-order valence-electron chi connectivity index (χ1n) is 6.90. The fourth-order valence-electron chi connectivity index (χ4n) is 2.58. The molecule has 0 radical (unpaired) electrons. The monoisotopic (exact) mass is 296 g/mol. The average Bonchev–Trinajstić information content (AvgIpc) is 2.43. The number of Topliss-reactive ketones (excluding diaryl/α,β-unsaturated/α-hetero) is 1. The molecule has 1 aliphatic heterocycles. The molecule has 4 nitrogen and oxygen atoms in total. The number of carbonyl (C=O) groups is 2. The smallest absolute Gasteiger partial charge is 0.221 e. The van der Waals surface area contributed by atoms with Crippen LogP contribution in [0.5, 0.6) is 0 Å². The van der Waals surface area contributed by atoms with E-state index < -0.39 is 11.6 Å². The summed E-state index contributed by atoms with van der Waals surface area (Å²) < 4.78 is 26.0. The first kappa shape index (κ1) is 15.6. The van der Waals surface area contributed by atoms with Gasteiger partial charge >= 0.3 is 0 Å². The molecule has 1 amide bonds. The van der Waals surface area contributed by atoms with E-state index in [-0.39, 0.29) is 35.8 Å². The predicted molar refractivity (Wildman–Crippen MR) is 73.6 cm³/mol. The van der Waals surface area contributed by atoms with Crippen molar-refractivity contribution in [3.05, 3.63) is 35.4 Å². The summed E-state index contributed by atoms with van der Waals surface area (Å²) in [5, 5.41) is 0. The minimum absolute atomic E-state index is 0.0655. The van der Waals surface area contributed by atoms with E-state index in [1.165, 1.54) is 6.07 Å². The van der Waals surface area contributed by atoms with Gasteiger partial charge in [0.15, 0.2) is 17.4 Å². The van der Waals surface area contributed by atoms with Crippen LogP contribution in [0, 0.1) is 17.6 Å². The number of likely N-dealkylation sites (tertiary alicyclic amines) is 1. The molecule has 1 heterocycles. The third-order valence-corrected chi connectivity index (χ3v) is 4.00. The maximum absolute atomic E-state index is 13.2. The molecule has 2 rings (SSSR count). The first-order valence-corrected chi connectivity index (χ1v) is 6.90. The standard InChI is InChI=1S/C15H18F2N2O2/c1-9-2-3-11(15(18)21)7-19(9)8-14(20)10-4-5-12(16)13(17)6-10/h4-6,9,11H,2-3,7-8H2,1H3,(H2,18,21). The molecule has 2 atom stereocenters. The Kier molecular flexibility index (Phi) is 4.67. The molecule has 114 valence electrons. The van der Waals surface area contributed by atoms with Gasteiger partial charge in [0.2, 0.25) is 5.91 Å². The van der Waals surface area contributed by atoms with E-state index in [0.717, 1.165) is 18.6 Å². The van der Waals surface area contributed by atoms with Crippen LogP contribution in [0.3, 0.4) is 0 Å². The van der Waals surface area contributed by atoms with Gasteiger partial charge in [-0.3, -0.25) is 14.5 Å². The van der Waals surface area contributed by atoms with Gasteiger partial charge in [-0.25, -0.2) is 8.78 Å². The number of halogens is 2. The third kappa shape index (κ3) is 3.64. The Hall–Kier alpha value is -1.82. The number of nitrogens with two attached hydrogens (primary N) is 1. The fourth-order valence-corrected chi connectivity index (χ4v) is 2.58. The van der Waals surface area contributed by atoms with E-state index in [2.05, 4.69) is 0 Å². The van der Waals surface area contributed by atoms with E-state index in [9.17, 15) is 18.4 Å². The van der Waals surface area contributed by atoms with E-state index in [1.54, 1.807) is 0 Å². The number of rotatable bonds is 4. The topological polar surface area (TPSA) is 63.4 Å². The van der Waals surface area contributed by atoms with Crippen molar-refractivity contribution in [2.24, 2.45) is 11.7 Å². The average molecular weight is 296 g/mol. The molecule has 0 aromatic heterocycles. The summed E-state index contributed by atoms with van der Waals surface area (Å²) in [5.41, 5.74) is 5.44. The van der Waals surface area contributed by atoms with E-state index in [1.807, 2.05) is 11.8 Å². The summed E-state index contributed by atoms with van der Waals surface area (Å²) in [6.45, 7) is 2.46. The maximum Gasteiger partial charge on any atom is 0.221 e. The molecule has 1 saturated heterocycles. The minimum Gasteiger partial charge on any atom is -0.369 e. The van der Waals surface area contributed by atoms with Crippen LogP contribution in [0.25, 0.3) is 0 Å². The van der Waals surface area contributed by atoms with Crippen molar-refractivity contribution in [3.8, 4) is 0 Å². The highest BCUT2D eigenvalue weighted by atomic mass is 19.2. The number of amides is 1. The van der Waals surface area contributed by atoms with Gasteiger partial charge in [-0.05, 0) is 38.0 Å². The Morgan fingerprint density at radius 3 is 2.62 bits per heavy atom. The quantitative estimate of drug-likeness (QED) is 0.861. The van der Waals surface area contributed by atoms with Gasteiger partial charge in [-0.2, -0.15) is 0 Å². The van der Waals surface area contributed by atoms with Crippen molar-refractivity contribution < 1.29 is 18.4 Å². The van der Waals surface area contributed by atoms with Crippen LogP contribution in [0.15, 0.2) is 18.2 Å². The zero-order valence-corrected chi connectivity index (χ0v) is 11.8. The number of benzene rings is 1. The zero-order chi connectivity index (χ0) is 15.6. The second-order valence-electron chi connectivity index (χ2n) is 5.51. The summed E-state index contributed by atoms with van der Waals surface area (Å²) in [7, 11) is 0. The van der Waals surface area contributed by atoms with Gasteiger partial charge in [0.1, 0.15) is 0 Å². The van der Waals surface area contributed by atoms with Crippen molar-refractivity contribution in [2.75, 3.05) is 13.1 Å². The molecule has 0 saturated carbocycles. The van der Waals surface area contributed by atoms with Gasteiger partial charge in [0.05, 0.1) is 12.5 Å². The molecular formula is C15H18F2N2O2. The van der Waals surface area contributed by atoms with E-state index >= 15 is 0 Å². The highest BCUT2D eigenvalue weighted by molar-refractivity contribution is 5.97. The fraction of sp³-hybridized carbons (Fsp3) is 0.467. The van der Waals surface area contributed by atoms with Crippen LogP contribution < -0.4 is 5.73 Å². The summed E-state index contributed by atoms with van der Waals surface area (Å²) in [6, 6.07) is 3.25. The lowest BCUT2D eigenvalue weighted by Crippen LogP contribution is -2.47. The van der Waals surface area contributed by atoms with E-state index in [0.29, 0.717) is 13.0 Å². The Labute approximate surface area is 121 Å². The number of hydrogen-bond acceptors (Lipinski definition) is 3. The summed E-state index contributed by atoms with van der Waals surface area (Å²) in [6.07, 6.45) is 1.49. The highest BCUT2D eigenvalue weighted by Crippen LogP contribution is 2.22. The molecule has 1 aromatic rings. The molecule has 2 N–H and O–H groups in total. The van der Waals surface area contributed by atoms with Crippen molar-refractivity contribution in [3.63, 3.8) is 0 Å². The molecule has 1 fully saturated rings. The number of ketones is 1. The molecule has 0 spiro atoms. The van der Waals surface area contributed by atoms with Gasteiger partial charge in [0, 0.05) is 18.2 Å². The number of carbonyl (C=O) groups excluding carboxylic acids is 2. The SMILES string of the molecule is CC1CCC(C(N)=O)CN1CC(=O)c1ccc(F)c(F)c1. The van der Waals surface area contributed by atoms with Crippen LogP contribution >= 0.6 is 0 Å². The lowest BCUT2D eigenvalue weighted by molar-refractivity contribution is -0.123. The third-order valence-electron chi connectivity index (χ3n) is 4.00. The Bertz CT molecular complexity index is 563. The number of nitrogens with zero attached hydrogens (tertiary/aromatic N) is 1. The molecule has 1 aromatic carbocycles.